The summed E-state index contributed by atoms with van der Waals surface area (Å²) in [6, 6.07) is 1.94. The first-order valence-corrected chi connectivity index (χ1v) is 7.23. The van der Waals surface area contributed by atoms with Gasteiger partial charge in [-0.05, 0) is 19.1 Å². The molecule has 0 fully saturated rings. The van der Waals surface area contributed by atoms with Gasteiger partial charge in [0.1, 0.15) is 4.90 Å². The third kappa shape index (κ3) is 3.27. The summed E-state index contributed by atoms with van der Waals surface area (Å²) in [6.07, 6.45) is -1.18. The average molecular weight is 341 g/mol. The summed E-state index contributed by atoms with van der Waals surface area (Å²) in [6.45, 7) is 1.24. The van der Waals surface area contributed by atoms with E-state index in [-0.39, 0.29) is 4.47 Å². The molecule has 0 saturated heterocycles. The second-order valence-corrected chi connectivity index (χ2v) is 6.62. The van der Waals surface area contributed by atoms with Crippen molar-refractivity contribution < 1.29 is 27.8 Å². The summed E-state index contributed by atoms with van der Waals surface area (Å²) in [7, 11) is -4.09. The van der Waals surface area contributed by atoms with Gasteiger partial charge in [-0.3, -0.25) is 0 Å². The molecule has 0 saturated carbocycles. The van der Waals surface area contributed by atoms with Crippen molar-refractivity contribution in [2.24, 2.45) is 0 Å². The van der Waals surface area contributed by atoms with Crippen molar-refractivity contribution in [3.8, 4) is 0 Å². The van der Waals surface area contributed by atoms with E-state index in [1.807, 2.05) is 0 Å². The summed E-state index contributed by atoms with van der Waals surface area (Å²) < 4.78 is 37.5. The Hall–Kier alpha value is -0.990. The van der Waals surface area contributed by atoms with Crippen LogP contribution in [0, 0.1) is 5.82 Å². The van der Waals surface area contributed by atoms with Crippen LogP contribution in [0.25, 0.3) is 0 Å². The molecule has 0 radical (unpaired) electrons. The first kappa shape index (κ1) is 15.1. The van der Waals surface area contributed by atoms with Crippen LogP contribution in [0.2, 0.25) is 0 Å². The number of hydrogen-bond donors (Lipinski definition) is 2. The molecule has 1 unspecified atom stereocenters. The molecule has 0 bridgehead atoms. The maximum atomic E-state index is 13.8. The van der Waals surface area contributed by atoms with Crippen molar-refractivity contribution in [1.82, 2.24) is 0 Å². The van der Waals surface area contributed by atoms with Gasteiger partial charge < -0.3 is 10.2 Å². The lowest BCUT2D eigenvalue weighted by molar-refractivity contribution is 0.0691. The Morgan fingerprint density at radius 2 is 2.06 bits per heavy atom. The van der Waals surface area contributed by atoms with E-state index in [0.717, 1.165) is 12.1 Å². The van der Waals surface area contributed by atoms with Gasteiger partial charge in [-0.15, -0.1) is 0 Å². The van der Waals surface area contributed by atoms with Gasteiger partial charge in [-0.25, -0.2) is 17.6 Å². The Balaban J connectivity index is 3.47. The van der Waals surface area contributed by atoms with Gasteiger partial charge in [0.05, 0.1) is 17.4 Å². The number of aromatic carboxylic acids is 1. The molecule has 1 aromatic carbocycles. The van der Waals surface area contributed by atoms with E-state index in [0.29, 0.717) is 0 Å². The van der Waals surface area contributed by atoms with E-state index >= 15 is 0 Å². The van der Waals surface area contributed by atoms with Crippen molar-refractivity contribution >= 4 is 31.7 Å². The molecule has 0 aliphatic heterocycles. The zero-order valence-electron chi connectivity index (χ0n) is 9.22. The van der Waals surface area contributed by atoms with Crippen LogP contribution in [0.4, 0.5) is 4.39 Å². The van der Waals surface area contributed by atoms with Gasteiger partial charge >= 0.3 is 5.97 Å². The summed E-state index contributed by atoms with van der Waals surface area (Å²) in [5.41, 5.74) is -0.742. The summed E-state index contributed by atoms with van der Waals surface area (Å²) in [5, 5.41) is 17.8. The molecular weight excluding hydrogens is 331 g/mol. The number of carboxylic acids is 1. The smallest absolute Gasteiger partial charge is 0.338 e. The fourth-order valence-corrected chi connectivity index (χ4v) is 3.47. The Kier molecular flexibility index (Phi) is 4.46. The molecule has 100 valence electrons. The number of halogens is 2. The van der Waals surface area contributed by atoms with Crippen LogP contribution < -0.4 is 0 Å². The third-order valence-electron chi connectivity index (χ3n) is 2.03. The predicted molar refractivity (Wildman–Crippen MR) is 64.8 cm³/mol. The van der Waals surface area contributed by atoms with Crippen molar-refractivity contribution in [2.75, 3.05) is 5.75 Å². The number of carbonyl (C=O) groups is 1. The van der Waals surface area contributed by atoms with Gasteiger partial charge in [-0.1, -0.05) is 15.9 Å². The van der Waals surface area contributed by atoms with Crippen molar-refractivity contribution in [3.63, 3.8) is 0 Å². The minimum Gasteiger partial charge on any atom is -0.478 e. The van der Waals surface area contributed by atoms with E-state index in [9.17, 15) is 17.6 Å². The lowest BCUT2D eigenvalue weighted by Gasteiger charge is -2.09. The normalized spacial score (nSPS) is 13.3. The second kappa shape index (κ2) is 5.33. The maximum absolute atomic E-state index is 13.8. The van der Waals surface area contributed by atoms with Crippen LogP contribution in [-0.2, 0) is 9.84 Å². The fourth-order valence-electron chi connectivity index (χ4n) is 1.35. The predicted octanol–water partition coefficient (Wildman–Crippen LogP) is 1.44. The highest BCUT2D eigenvalue weighted by atomic mass is 79.9. The lowest BCUT2D eigenvalue weighted by Crippen LogP contribution is -2.19. The van der Waals surface area contributed by atoms with E-state index in [1.165, 1.54) is 6.92 Å². The summed E-state index contributed by atoms with van der Waals surface area (Å²) >= 11 is 2.92. The van der Waals surface area contributed by atoms with Crippen LogP contribution >= 0.6 is 15.9 Å². The molecule has 0 aromatic heterocycles. The van der Waals surface area contributed by atoms with Crippen LogP contribution in [0.5, 0.6) is 0 Å². The highest BCUT2D eigenvalue weighted by Crippen LogP contribution is 2.25. The number of hydrogen-bond acceptors (Lipinski definition) is 4. The Labute approximate surface area is 111 Å². The molecule has 5 nitrogen and oxygen atoms in total. The second-order valence-electron chi connectivity index (χ2n) is 3.70. The van der Waals surface area contributed by atoms with E-state index in [2.05, 4.69) is 15.9 Å². The SMILES string of the molecule is CC(O)CS(=O)(=O)c1cc(Br)cc(C(=O)O)c1F. The zero-order valence-corrected chi connectivity index (χ0v) is 11.6. The standard InChI is InChI=1S/C10H10BrFO5S/c1-5(13)4-18(16,17)8-3-6(11)2-7(9(8)12)10(14)15/h2-3,5,13H,4H2,1H3,(H,14,15). The van der Waals surface area contributed by atoms with E-state index < -0.39 is 43.9 Å². The molecule has 8 heteroatoms. The van der Waals surface area contributed by atoms with Gasteiger partial charge in [0.2, 0.25) is 0 Å². The van der Waals surface area contributed by atoms with Crippen LogP contribution in [-0.4, -0.2) is 36.5 Å². The number of carboxylic acid groups (broad SMARTS) is 1. The average Bonchev–Trinajstić information content (AvgIpc) is 2.18. The highest BCUT2D eigenvalue weighted by Gasteiger charge is 2.26. The number of aliphatic hydroxyl groups is 1. The summed E-state index contributed by atoms with van der Waals surface area (Å²) in [4.78, 5) is 10.0. The molecule has 0 aliphatic carbocycles. The number of rotatable bonds is 4. The van der Waals surface area contributed by atoms with Crippen molar-refractivity contribution in [1.29, 1.82) is 0 Å². The van der Waals surface area contributed by atoms with Gasteiger partial charge in [0, 0.05) is 4.47 Å². The van der Waals surface area contributed by atoms with Crippen LogP contribution in [0.15, 0.2) is 21.5 Å². The summed E-state index contributed by atoms with van der Waals surface area (Å²) in [5.74, 6) is -3.58. The van der Waals surface area contributed by atoms with Crippen molar-refractivity contribution in [2.45, 2.75) is 17.9 Å². The van der Waals surface area contributed by atoms with E-state index in [4.69, 9.17) is 10.2 Å². The number of sulfone groups is 1. The number of aliphatic hydroxyl groups excluding tert-OH is 1. The molecule has 1 aromatic rings. The third-order valence-corrected chi connectivity index (χ3v) is 4.38. The molecule has 0 heterocycles. The fraction of sp³-hybridized carbons (Fsp3) is 0.300. The Bertz CT molecular complexity index is 582. The van der Waals surface area contributed by atoms with Gasteiger partial charge in [-0.2, -0.15) is 0 Å². The molecule has 2 N–H and O–H groups in total. The van der Waals surface area contributed by atoms with Crippen LogP contribution in [0.3, 0.4) is 0 Å². The molecule has 0 aliphatic rings. The maximum Gasteiger partial charge on any atom is 0.338 e. The lowest BCUT2D eigenvalue weighted by atomic mass is 10.2. The Morgan fingerprint density at radius 1 is 1.50 bits per heavy atom. The molecule has 0 spiro atoms. The van der Waals surface area contributed by atoms with Gasteiger partial charge in [0.25, 0.3) is 0 Å². The molecule has 1 atom stereocenters. The van der Waals surface area contributed by atoms with Crippen molar-refractivity contribution in [3.05, 3.63) is 28.0 Å². The molecule has 18 heavy (non-hydrogen) atoms. The van der Waals surface area contributed by atoms with Crippen LogP contribution in [0.1, 0.15) is 17.3 Å². The molecule has 1 rings (SSSR count). The highest BCUT2D eigenvalue weighted by molar-refractivity contribution is 9.10. The van der Waals surface area contributed by atoms with E-state index in [1.54, 1.807) is 0 Å². The minimum absolute atomic E-state index is 0.130. The first-order chi connectivity index (χ1) is 8.15. The minimum atomic E-state index is -4.09. The number of benzene rings is 1. The largest absolute Gasteiger partial charge is 0.478 e. The molecular formula is C10H10BrFO5S. The quantitative estimate of drug-likeness (QED) is 0.865. The van der Waals surface area contributed by atoms with Gasteiger partial charge in [0.15, 0.2) is 15.7 Å². The first-order valence-electron chi connectivity index (χ1n) is 4.78. The zero-order chi connectivity index (χ0) is 14.1. The monoisotopic (exact) mass is 340 g/mol. The molecule has 0 amide bonds. The Morgan fingerprint density at radius 3 is 2.50 bits per heavy atom. The topological polar surface area (TPSA) is 91.7 Å².